The zero-order valence-electron chi connectivity index (χ0n) is 11.0. The van der Waals surface area contributed by atoms with Crippen LogP contribution in [-0.4, -0.2) is 53.8 Å². The summed E-state index contributed by atoms with van der Waals surface area (Å²) in [7, 11) is 0. The van der Waals surface area contributed by atoms with Crippen LogP contribution in [0.4, 0.5) is 0 Å². The third-order valence-corrected chi connectivity index (χ3v) is 3.94. The number of nitrogens with two attached hydrogens (primary N) is 1. The van der Waals surface area contributed by atoms with Crippen LogP contribution in [0.25, 0.3) is 0 Å². The predicted molar refractivity (Wildman–Crippen MR) is 75.1 cm³/mol. The van der Waals surface area contributed by atoms with Crippen molar-refractivity contribution in [1.82, 2.24) is 9.80 Å². The van der Waals surface area contributed by atoms with E-state index in [1.54, 1.807) is 11.8 Å². The van der Waals surface area contributed by atoms with Gasteiger partial charge in [-0.3, -0.25) is 9.59 Å². The highest BCUT2D eigenvalue weighted by atomic mass is 32.1. The van der Waals surface area contributed by atoms with Crippen LogP contribution >= 0.6 is 11.3 Å². The zero-order chi connectivity index (χ0) is 13.8. The highest BCUT2D eigenvalue weighted by Gasteiger charge is 2.24. The fourth-order valence-electron chi connectivity index (χ4n) is 2.20. The highest BCUT2D eigenvalue weighted by Crippen LogP contribution is 2.12. The molecule has 19 heavy (non-hydrogen) atoms. The summed E-state index contributed by atoms with van der Waals surface area (Å²) in [5.74, 6) is 0.0150. The number of hydrogen-bond acceptors (Lipinski definition) is 4. The number of nitrogens with zero attached hydrogens (tertiary/aromatic N) is 2. The highest BCUT2D eigenvalue weighted by molar-refractivity contribution is 7.08. The zero-order valence-corrected chi connectivity index (χ0v) is 11.9. The Kier molecular flexibility index (Phi) is 4.55. The molecule has 2 rings (SSSR count). The second kappa shape index (κ2) is 6.16. The van der Waals surface area contributed by atoms with E-state index in [1.807, 2.05) is 21.7 Å². The molecule has 1 aromatic heterocycles. The van der Waals surface area contributed by atoms with Crippen LogP contribution in [0.1, 0.15) is 23.7 Å². The maximum atomic E-state index is 12.2. The van der Waals surface area contributed by atoms with Gasteiger partial charge in [0.2, 0.25) is 5.91 Å². The minimum atomic E-state index is -0.473. The van der Waals surface area contributed by atoms with Crippen LogP contribution in [0.5, 0.6) is 0 Å². The largest absolute Gasteiger partial charge is 0.340 e. The molecule has 104 valence electrons. The summed E-state index contributed by atoms with van der Waals surface area (Å²) in [5, 5.41) is 3.76. The summed E-state index contributed by atoms with van der Waals surface area (Å²) < 4.78 is 0. The van der Waals surface area contributed by atoms with Gasteiger partial charge in [-0.2, -0.15) is 11.3 Å². The molecule has 1 fully saturated rings. The molecule has 0 unspecified atom stereocenters. The molecular weight excluding hydrogens is 262 g/mol. The van der Waals surface area contributed by atoms with Crippen LogP contribution in [0, 0.1) is 0 Å². The van der Waals surface area contributed by atoms with Crippen molar-refractivity contribution in [3.63, 3.8) is 0 Å². The SMILES string of the molecule is C[C@H](N)C(=O)N1CCCN(C(=O)c2ccsc2)CC1. The van der Waals surface area contributed by atoms with E-state index in [2.05, 4.69) is 0 Å². The summed E-state index contributed by atoms with van der Waals surface area (Å²) in [4.78, 5) is 27.7. The summed E-state index contributed by atoms with van der Waals surface area (Å²) in [6, 6.07) is 1.36. The molecule has 1 atom stereocenters. The molecule has 1 aromatic rings. The van der Waals surface area contributed by atoms with Crippen LogP contribution in [-0.2, 0) is 4.79 Å². The average Bonchev–Trinajstić information content (AvgIpc) is 2.81. The van der Waals surface area contributed by atoms with E-state index in [0.29, 0.717) is 26.2 Å². The summed E-state index contributed by atoms with van der Waals surface area (Å²) in [6.07, 6.45) is 0.800. The Hall–Kier alpha value is -1.40. The summed E-state index contributed by atoms with van der Waals surface area (Å²) in [5.41, 5.74) is 6.35. The molecule has 0 aliphatic carbocycles. The van der Waals surface area contributed by atoms with Crippen molar-refractivity contribution in [1.29, 1.82) is 0 Å². The molecule has 2 N–H and O–H groups in total. The molecule has 0 saturated carbocycles. The number of thiophene rings is 1. The van der Waals surface area contributed by atoms with Gasteiger partial charge in [0, 0.05) is 31.6 Å². The third kappa shape index (κ3) is 3.33. The van der Waals surface area contributed by atoms with Gasteiger partial charge in [0.25, 0.3) is 5.91 Å². The normalized spacial score (nSPS) is 18.0. The number of hydrogen-bond donors (Lipinski definition) is 1. The molecule has 5 nitrogen and oxygen atoms in total. The maximum absolute atomic E-state index is 12.2. The smallest absolute Gasteiger partial charge is 0.254 e. The van der Waals surface area contributed by atoms with Crippen molar-refractivity contribution in [2.24, 2.45) is 5.73 Å². The second-order valence-electron chi connectivity index (χ2n) is 4.77. The lowest BCUT2D eigenvalue weighted by molar-refractivity contribution is -0.132. The third-order valence-electron chi connectivity index (χ3n) is 3.25. The molecule has 0 aromatic carbocycles. The minimum Gasteiger partial charge on any atom is -0.340 e. The van der Waals surface area contributed by atoms with Gasteiger partial charge >= 0.3 is 0 Å². The van der Waals surface area contributed by atoms with Crippen molar-refractivity contribution < 1.29 is 9.59 Å². The van der Waals surface area contributed by atoms with Gasteiger partial charge in [0.1, 0.15) is 0 Å². The van der Waals surface area contributed by atoms with E-state index in [4.69, 9.17) is 5.73 Å². The molecule has 0 bridgehead atoms. The van der Waals surface area contributed by atoms with Crippen LogP contribution in [0.3, 0.4) is 0 Å². The Morgan fingerprint density at radius 2 is 1.95 bits per heavy atom. The first kappa shape index (κ1) is 14.0. The number of rotatable bonds is 2. The second-order valence-corrected chi connectivity index (χ2v) is 5.55. The van der Waals surface area contributed by atoms with Gasteiger partial charge in [0.15, 0.2) is 0 Å². The number of carbonyl (C=O) groups is 2. The molecule has 0 spiro atoms. The van der Waals surface area contributed by atoms with E-state index in [-0.39, 0.29) is 11.8 Å². The monoisotopic (exact) mass is 281 g/mol. The molecule has 1 saturated heterocycles. The maximum Gasteiger partial charge on any atom is 0.254 e. The van der Waals surface area contributed by atoms with Crippen LogP contribution in [0.15, 0.2) is 16.8 Å². The Labute approximate surface area is 117 Å². The number of carbonyl (C=O) groups excluding carboxylic acids is 2. The molecule has 2 amide bonds. The van der Waals surface area contributed by atoms with Crippen molar-refractivity contribution in [3.8, 4) is 0 Å². The van der Waals surface area contributed by atoms with Crippen molar-refractivity contribution in [2.75, 3.05) is 26.2 Å². The molecule has 0 radical (unpaired) electrons. The Bertz CT molecular complexity index is 445. The topological polar surface area (TPSA) is 66.6 Å². The average molecular weight is 281 g/mol. The van der Waals surface area contributed by atoms with Crippen molar-refractivity contribution in [3.05, 3.63) is 22.4 Å². The summed E-state index contributed by atoms with van der Waals surface area (Å²) >= 11 is 1.52. The van der Waals surface area contributed by atoms with Gasteiger partial charge in [-0.25, -0.2) is 0 Å². The van der Waals surface area contributed by atoms with Gasteiger partial charge in [-0.05, 0) is 24.8 Å². The Morgan fingerprint density at radius 3 is 2.58 bits per heavy atom. The van der Waals surface area contributed by atoms with Crippen LogP contribution < -0.4 is 5.73 Å². The van der Waals surface area contributed by atoms with E-state index in [9.17, 15) is 9.59 Å². The van der Waals surface area contributed by atoms with Gasteiger partial charge in [-0.1, -0.05) is 0 Å². The molecule has 1 aliphatic rings. The first-order valence-electron chi connectivity index (χ1n) is 6.45. The quantitative estimate of drug-likeness (QED) is 0.870. The lowest BCUT2D eigenvalue weighted by Crippen LogP contribution is -2.44. The lowest BCUT2D eigenvalue weighted by atomic mass is 10.3. The molecular formula is C13H19N3O2S. The van der Waals surface area contributed by atoms with Crippen molar-refractivity contribution in [2.45, 2.75) is 19.4 Å². The summed E-state index contributed by atoms with van der Waals surface area (Å²) in [6.45, 7) is 4.20. The Balaban J connectivity index is 1.97. The fraction of sp³-hybridized carbons (Fsp3) is 0.538. The van der Waals surface area contributed by atoms with E-state index in [0.717, 1.165) is 12.0 Å². The minimum absolute atomic E-state index is 0.0372. The van der Waals surface area contributed by atoms with Gasteiger partial charge in [0.05, 0.1) is 11.6 Å². The molecule has 2 heterocycles. The first-order valence-corrected chi connectivity index (χ1v) is 7.39. The Morgan fingerprint density at radius 1 is 1.26 bits per heavy atom. The van der Waals surface area contributed by atoms with Crippen LogP contribution in [0.2, 0.25) is 0 Å². The molecule has 6 heteroatoms. The van der Waals surface area contributed by atoms with E-state index < -0.39 is 6.04 Å². The van der Waals surface area contributed by atoms with Gasteiger partial charge < -0.3 is 15.5 Å². The van der Waals surface area contributed by atoms with Crippen molar-refractivity contribution >= 4 is 23.2 Å². The fourth-order valence-corrected chi connectivity index (χ4v) is 2.83. The standard InChI is InChI=1S/C13H19N3O2S/c1-10(14)12(17)15-4-2-5-16(7-6-15)13(18)11-3-8-19-9-11/h3,8-10H,2,4-7,14H2,1H3/t10-/m0/s1. The lowest BCUT2D eigenvalue weighted by Gasteiger charge is -2.23. The number of amides is 2. The van der Waals surface area contributed by atoms with Gasteiger partial charge in [-0.15, -0.1) is 0 Å². The van der Waals surface area contributed by atoms with E-state index in [1.165, 1.54) is 11.3 Å². The first-order chi connectivity index (χ1) is 9.09. The van der Waals surface area contributed by atoms with E-state index >= 15 is 0 Å². The predicted octanol–water partition coefficient (Wildman–Crippen LogP) is 0.770. The molecule has 1 aliphatic heterocycles.